The average molecular weight is 245 g/mol. The number of pyridine rings is 2. The van der Waals surface area contributed by atoms with Crippen molar-refractivity contribution in [2.75, 3.05) is 12.4 Å². The van der Waals surface area contributed by atoms with E-state index in [0.29, 0.717) is 11.6 Å². The molecule has 0 aliphatic rings. The number of nitrogens with one attached hydrogen (secondary N) is 1. The number of hydrogen-bond acceptors (Lipinski definition) is 5. The van der Waals surface area contributed by atoms with Crippen molar-refractivity contribution in [3.05, 3.63) is 42.4 Å². The Morgan fingerprint density at radius 2 is 2.22 bits per heavy atom. The van der Waals surface area contributed by atoms with Gasteiger partial charge >= 0.3 is 0 Å². The summed E-state index contributed by atoms with van der Waals surface area (Å²) in [4.78, 5) is 19.5. The zero-order valence-corrected chi connectivity index (χ0v) is 9.62. The van der Waals surface area contributed by atoms with Gasteiger partial charge in [0.2, 0.25) is 5.88 Å². The Kier molecular flexibility index (Phi) is 3.38. The summed E-state index contributed by atoms with van der Waals surface area (Å²) < 4.78 is 4.95. The number of aromatic hydroxyl groups is 1. The third-order valence-corrected chi connectivity index (χ3v) is 2.19. The second kappa shape index (κ2) is 5.13. The molecule has 0 aliphatic carbocycles. The van der Waals surface area contributed by atoms with Crippen LogP contribution in [0.1, 0.15) is 10.4 Å². The predicted octanol–water partition coefficient (Wildman–Crippen LogP) is 1.44. The molecule has 2 aromatic heterocycles. The highest BCUT2D eigenvalue weighted by molar-refractivity contribution is 6.04. The van der Waals surface area contributed by atoms with Crippen LogP contribution in [0.25, 0.3) is 0 Å². The summed E-state index contributed by atoms with van der Waals surface area (Å²) in [5.41, 5.74) is 0.820. The Morgan fingerprint density at radius 3 is 2.94 bits per heavy atom. The first-order valence-corrected chi connectivity index (χ1v) is 5.14. The van der Waals surface area contributed by atoms with Crippen molar-refractivity contribution in [1.29, 1.82) is 0 Å². The molecule has 0 radical (unpaired) electrons. The van der Waals surface area contributed by atoms with E-state index in [1.165, 1.54) is 31.8 Å². The fourth-order valence-corrected chi connectivity index (χ4v) is 1.35. The first-order valence-electron chi connectivity index (χ1n) is 5.14. The minimum atomic E-state index is -0.369. The normalized spacial score (nSPS) is 9.83. The molecule has 0 unspecified atom stereocenters. The lowest BCUT2D eigenvalue weighted by atomic mass is 10.2. The van der Waals surface area contributed by atoms with Gasteiger partial charge in [0.1, 0.15) is 5.75 Å². The highest BCUT2D eigenvalue weighted by Crippen LogP contribution is 2.15. The minimum absolute atomic E-state index is 0.0602. The van der Waals surface area contributed by atoms with E-state index in [1.54, 1.807) is 12.1 Å². The fourth-order valence-electron chi connectivity index (χ4n) is 1.35. The molecule has 2 heterocycles. The maximum atomic E-state index is 11.8. The quantitative estimate of drug-likeness (QED) is 0.854. The van der Waals surface area contributed by atoms with Crippen LogP contribution in [-0.4, -0.2) is 28.1 Å². The molecule has 0 atom stereocenters. The predicted molar refractivity (Wildman–Crippen MR) is 64.6 cm³/mol. The summed E-state index contributed by atoms with van der Waals surface area (Å²) in [6.07, 6.45) is 4.15. The number of aromatic nitrogens is 2. The monoisotopic (exact) mass is 245 g/mol. The van der Waals surface area contributed by atoms with Crippen molar-refractivity contribution in [3.63, 3.8) is 0 Å². The molecule has 0 saturated heterocycles. The smallest absolute Gasteiger partial charge is 0.257 e. The second-order valence-electron chi connectivity index (χ2n) is 3.47. The Hall–Kier alpha value is -2.63. The van der Waals surface area contributed by atoms with Crippen molar-refractivity contribution >= 4 is 11.6 Å². The first kappa shape index (κ1) is 11.8. The van der Waals surface area contributed by atoms with Gasteiger partial charge < -0.3 is 15.2 Å². The van der Waals surface area contributed by atoms with Gasteiger partial charge in [-0.05, 0) is 12.1 Å². The molecule has 2 aromatic rings. The van der Waals surface area contributed by atoms with Crippen molar-refractivity contribution in [3.8, 4) is 11.6 Å². The zero-order chi connectivity index (χ0) is 13.0. The van der Waals surface area contributed by atoms with Crippen molar-refractivity contribution in [1.82, 2.24) is 9.97 Å². The van der Waals surface area contributed by atoms with Gasteiger partial charge in [0.05, 0.1) is 18.9 Å². The third-order valence-electron chi connectivity index (χ3n) is 2.19. The van der Waals surface area contributed by atoms with E-state index in [9.17, 15) is 9.90 Å². The van der Waals surface area contributed by atoms with E-state index < -0.39 is 0 Å². The number of hydrogen-bond donors (Lipinski definition) is 2. The minimum Gasteiger partial charge on any atom is -0.506 e. The Labute approximate surface area is 103 Å². The average Bonchev–Trinajstić information content (AvgIpc) is 2.39. The zero-order valence-electron chi connectivity index (χ0n) is 9.62. The molecule has 0 aromatic carbocycles. The summed E-state index contributed by atoms with van der Waals surface area (Å²) in [5.74, 6) is -0.0246. The van der Waals surface area contributed by atoms with Gasteiger partial charge in [0.25, 0.3) is 5.91 Å². The molecule has 2 N–H and O–H groups in total. The van der Waals surface area contributed by atoms with Gasteiger partial charge in [-0.25, -0.2) is 4.98 Å². The van der Waals surface area contributed by atoms with Gasteiger partial charge in [0.15, 0.2) is 0 Å². The van der Waals surface area contributed by atoms with Crippen LogP contribution < -0.4 is 10.1 Å². The van der Waals surface area contributed by atoms with Gasteiger partial charge in [-0.1, -0.05) is 0 Å². The molecule has 2 rings (SSSR count). The molecule has 6 heteroatoms. The number of rotatable bonds is 3. The topological polar surface area (TPSA) is 84.3 Å². The van der Waals surface area contributed by atoms with E-state index in [-0.39, 0.29) is 17.2 Å². The lowest BCUT2D eigenvalue weighted by molar-refractivity contribution is 0.102. The van der Waals surface area contributed by atoms with Crippen LogP contribution >= 0.6 is 0 Å². The summed E-state index contributed by atoms with van der Waals surface area (Å²) >= 11 is 0. The molecule has 1 amide bonds. The number of carbonyl (C=O) groups excluding carboxylic acids is 1. The molecule has 0 saturated carbocycles. The third kappa shape index (κ3) is 2.73. The molecule has 92 valence electrons. The number of methoxy groups -OCH3 is 1. The molecule has 0 bridgehead atoms. The molecule has 18 heavy (non-hydrogen) atoms. The number of amides is 1. The van der Waals surface area contributed by atoms with E-state index in [0.717, 1.165) is 0 Å². The van der Waals surface area contributed by atoms with Crippen LogP contribution in [0.4, 0.5) is 5.69 Å². The van der Waals surface area contributed by atoms with Gasteiger partial charge in [-0.3, -0.25) is 9.78 Å². The van der Waals surface area contributed by atoms with Crippen molar-refractivity contribution in [2.45, 2.75) is 0 Å². The molecular formula is C12H11N3O3. The second-order valence-corrected chi connectivity index (χ2v) is 3.47. The Bertz CT molecular complexity index is 572. The maximum Gasteiger partial charge on any atom is 0.257 e. The van der Waals surface area contributed by atoms with E-state index in [1.807, 2.05) is 0 Å². The lowest BCUT2D eigenvalue weighted by Crippen LogP contribution is -2.12. The van der Waals surface area contributed by atoms with Crippen LogP contribution in [-0.2, 0) is 0 Å². The summed E-state index contributed by atoms with van der Waals surface area (Å²) in [6.45, 7) is 0. The summed E-state index contributed by atoms with van der Waals surface area (Å²) in [5, 5.41) is 11.9. The molecule has 6 nitrogen and oxygen atoms in total. The van der Waals surface area contributed by atoms with Crippen LogP contribution in [0.2, 0.25) is 0 Å². The van der Waals surface area contributed by atoms with E-state index in [4.69, 9.17) is 4.74 Å². The maximum absolute atomic E-state index is 11.8. The van der Waals surface area contributed by atoms with Gasteiger partial charge in [0, 0.05) is 24.1 Å². The molecule has 0 aliphatic heterocycles. The standard InChI is InChI=1S/C12H11N3O3/c1-18-11-5-9(2-3-14-11)15-12(17)8-4-10(16)7-13-6-8/h2-7,16H,1H3,(H,14,15,17). The Morgan fingerprint density at radius 1 is 1.39 bits per heavy atom. The highest BCUT2D eigenvalue weighted by Gasteiger charge is 2.08. The number of anilines is 1. The van der Waals surface area contributed by atoms with Gasteiger partial charge in [-0.15, -0.1) is 0 Å². The SMILES string of the molecule is COc1cc(NC(=O)c2cncc(O)c2)ccn1. The molecular weight excluding hydrogens is 234 g/mol. The number of nitrogens with zero attached hydrogens (tertiary/aromatic N) is 2. The van der Waals surface area contributed by atoms with Gasteiger partial charge in [-0.2, -0.15) is 0 Å². The largest absolute Gasteiger partial charge is 0.506 e. The van der Waals surface area contributed by atoms with Crippen LogP contribution in [0.15, 0.2) is 36.8 Å². The first-order chi connectivity index (χ1) is 8.69. The van der Waals surface area contributed by atoms with E-state index >= 15 is 0 Å². The Balaban J connectivity index is 2.16. The van der Waals surface area contributed by atoms with E-state index in [2.05, 4.69) is 15.3 Å². The van der Waals surface area contributed by atoms with Crippen molar-refractivity contribution in [2.24, 2.45) is 0 Å². The van der Waals surface area contributed by atoms with Crippen molar-refractivity contribution < 1.29 is 14.6 Å². The molecule has 0 spiro atoms. The highest BCUT2D eigenvalue weighted by atomic mass is 16.5. The summed E-state index contributed by atoms with van der Waals surface area (Å²) in [7, 11) is 1.49. The number of carbonyl (C=O) groups is 1. The number of ether oxygens (including phenoxy) is 1. The van der Waals surface area contributed by atoms with Crippen LogP contribution in [0, 0.1) is 0 Å². The lowest BCUT2D eigenvalue weighted by Gasteiger charge is -2.06. The molecule has 0 fully saturated rings. The van der Waals surface area contributed by atoms with Crippen LogP contribution in [0.3, 0.4) is 0 Å². The summed E-state index contributed by atoms with van der Waals surface area (Å²) in [6, 6.07) is 4.56. The van der Waals surface area contributed by atoms with Crippen LogP contribution in [0.5, 0.6) is 11.6 Å². The fraction of sp³-hybridized carbons (Fsp3) is 0.0833.